The van der Waals surface area contributed by atoms with Crippen molar-refractivity contribution in [1.82, 2.24) is 20.9 Å². The zero-order chi connectivity index (χ0) is 19.9. The average Bonchev–Trinajstić information content (AvgIpc) is 3.23. The van der Waals surface area contributed by atoms with Gasteiger partial charge in [-0.15, -0.1) is 0 Å². The molecule has 4 amide bonds. The van der Waals surface area contributed by atoms with Gasteiger partial charge in [0.05, 0.1) is 18.6 Å². The van der Waals surface area contributed by atoms with E-state index in [0.717, 1.165) is 30.6 Å². The van der Waals surface area contributed by atoms with Crippen LogP contribution in [0.2, 0.25) is 0 Å². The first-order valence-electron chi connectivity index (χ1n) is 9.76. The van der Waals surface area contributed by atoms with Crippen LogP contribution in [-0.4, -0.2) is 59.4 Å². The van der Waals surface area contributed by atoms with E-state index in [1.54, 1.807) is 7.05 Å². The molecule has 3 rings (SSSR count). The zero-order valence-corrected chi connectivity index (χ0v) is 17.0. The van der Waals surface area contributed by atoms with Crippen molar-refractivity contribution in [3.63, 3.8) is 0 Å². The average molecular weight is 405 g/mol. The van der Waals surface area contributed by atoms with E-state index in [1.165, 1.54) is 4.90 Å². The lowest BCUT2D eigenvalue weighted by Gasteiger charge is -2.18. The number of nitrogens with one attached hydrogen (secondary N) is 3. The second-order valence-electron chi connectivity index (χ2n) is 7.38. The fourth-order valence-corrected chi connectivity index (χ4v) is 5.16. The standard InChI is InChI=1S/C20H28N4O3S/c1-24(12-17(25)21-11-14-7-3-2-4-8-14)18(26)10-6-5-9-16-19-15(13-28-16)22-20(27)23-19/h2-4,7-8,15-16,19H,5-6,9-13H2,1H3,(H,21,25)(H2,22,23,27)/t15-,16-,19-/m0/s1. The summed E-state index contributed by atoms with van der Waals surface area (Å²) in [6, 6.07) is 10.1. The number of urea groups is 1. The van der Waals surface area contributed by atoms with Gasteiger partial charge in [0.1, 0.15) is 0 Å². The number of unbranched alkanes of at least 4 members (excludes halogenated alkanes) is 1. The van der Waals surface area contributed by atoms with Crippen molar-refractivity contribution in [3.05, 3.63) is 35.9 Å². The second kappa shape index (κ2) is 9.82. The lowest BCUT2D eigenvalue weighted by molar-refractivity contribution is -0.134. The molecule has 1 aromatic carbocycles. The first kappa shape index (κ1) is 20.5. The predicted octanol–water partition coefficient (Wildman–Crippen LogP) is 1.49. The van der Waals surface area contributed by atoms with Crippen molar-refractivity contribution >= 4 is 29.6 Å². The minimum Gasteiger partial charge on any atom is -0.350 e. The largest absolute Gasteiger partial charge is 0.350 e. The van der Waals surface area contributed by atoms with E-state index in [9.17, 15) is 14.4 Å². The molecule has 7 nitrogen and oxygen atoms in total. The highest BCUT2D eigenvalue weighted by molar-refractivity contribution is 8.00. The van der Waals surface area contributed by atoms with Crippen LogP contribution in [0.4, 0.5) is 4.79 Å². The molecule has 2 saturated heterocycles. The topological polar surface area (TPSA) is 90.5 Å². The van der Waals surface area contributed by atoms with Crippen molar-refractivity contribution < 1.29 is 14.4 Å². The van der Waals surface area contributed by atoms with Crippen LogP contribution in [0.25, 0.3) is 0 Å². The summed E-state index contributed by atoms with van der Waals surface area (Å²) in [5, 5.41) is 9.18. The van der Waals surface area contributed by atoms with Gasteiger partial charge in [-0.05, 0) is 18.4 Å². The Labute approximate surface area is 170 Å². The number of fused-ring (bicyclic) bond motifs is 1. The summed E-state index contributed by atoms with van der Waals surface area (Å²) in [4.78, 5) is 37.2. The van der Waals surface area contributed by atoms with Gasteiger partial charge in [-0.1, -0.05) is 36.8 Å². The summed E-state index contributed by atoms with van der Waals surface area (Å²) in [5.74, 6) is 0.786. The Balaban J connectivity index is 1.29. The number of rotatable bonds is 9. The Morgan fingerprint density at radius 2 is 2.00 bits per heavy atom. The van der Waals surface area contributed by atoms with Gasteiger partial charge in [-0.2, -0.15) is 11.8 Å². The van der Waals surface area contributed by atoms with Gasteiger partial charge >= 0.3 is 6.03 Å². The minimum atomic E-state index is -0.155. The minimum absolute atomic E-state index is 0.0114. The molecule has 2 aliphatic rings. The molecule has 2 heterocycles. The molecule has 152 valence electrons. The van der Waals surface area contributed by atoms with Crippen LogP contribution >= 0.6 is 11.8 Å². The summed E-state index contributed by atoms with van der Waals surface area (Å²) in [6.07, 6.45) is 3.17. The Bertz CT molecular complexity index is 700. The van der Waals surface area contributed by atoms with Crippen LogP contribution in [0, 0.1) is 0 Å². The molecule has 1 aromatic rings. The first-order chi connectivity index (χ1) is 13.5. The van der Waals surface area contributed by atoms with Crippen molar-refractivity contribution in [3.8, 4) is 0 Å². The van der Waals surface area contributed by atoms with Gasteiger partial charge in [0.15, 0.2) is 0 Å². The van der Waals surface area contributed by atoms with Crippen molar-refractivity contribution in [2.75, 3.05) is 19.3 Å². The van der Waals surface area contributed by atoms with E-state index >= 15 is 0 Å². The van der Waals surface area contributed by atoms with E-state index in [1.807, 2.05) is 42.1 Å². The highest BCUT2D eigenvalue weighted by Crippen LogP contribution is 2.33. The second-order valence-corrected chi connectivity index (χ2v) is 8.65. The summed E-state index contributed by atoms with van der Waals surface area (Å²) in [7, 11) is 1.67. The van der Waals surface area contributed by atoms with E-state index in [4.69, 9.17) is 0 Å². The third-order valence-corrected chi connectivity index (χ3v) is 6.72. The molecule has 28 heavy (non-hydrogen) atoms. The number of thioether (sulfide) groups is 1. The number of nitrogens with zero attached hydrogens (tertiary/aromatic N) is 1. The fourth-order valence-electron chi connectivity index (χ4n) is 3.61. The van der Waals surface area contributed by atoms with E-state index in [-0.39, 0.29) is 36.5 Å². The summed E-state index contributed by atoms with van der Waals surface area (Å²) in [6.45, 7) is 0.542. The lowest BCUT2D eigenvalue weighted by Crippen LogP contribution is -2.38. The van der Waals surface area contributed by atoms with Crippen molar-refractivity contribution in [1.29, 1.82) is 0 Å². The van der Waals surface area contributed by atoms with Crippen LogP contribution < -0.4 is 16.0 Å². The number of carbonyl (C=O) groups is 3. The van der Waals surface area contributed by atoms with E-state index in [0.29, 0.717) is 18.2 Å². The number of amides is 4. The Hall–Kier alpha value is -2.22. The maximum Gasteiger partial charge on any atom is 0.315 e. The molecule has 0 spiro atoms. The number of likely N-dealkylation sites (N-methyl/N-ethyl adjacent to an activating group) is 1. The van der Waals surface area contributed by atoms with Gasteiger partial charge in [0.2, 0.25) is 11.8 Å². The quantitative estimate of drug-likeness (QED) is 0.430. The number of benzene rings is 1. The van der Waals surface area contributed by atoms with Crippen LogP contribution in [0.15, 0.2) is 30.3 Å². The van der Waals surface area contributed by atoms with Crippen LogP contribution in [0.3, 0.4) is 0 Å². The fraction of sp³-hybridized carbons (Fsp3) is 0.550. The van der Waals surface area contributed by atoms with Crippen LogP contribution in [-0.2, 0) is 16.1 Å². The molecular weight excluding hydrogens is 376 g/mol. The predicted molar refractivity (Wildman–Crippen MR) is 110 cm³/mol. The molecule has 3 atom stereocenters. The SMILES string of the molecule is CN(CC(=O)NCc1ccccc1)C(=O)CCCC[C@@H]1SC[C@@H]2NC(=O)N[C@@H]21. The number of carbonyl (C=O) groups excluding carboxylic acids is 3. The highest BCUT2D eigenvalue weighted by atomic mass is 32.2. The third kappa shape index (κ3) is 5.64. The first-order valence-corrected chi connectivity index (χ1v) is 10.8. The van der Waals surface area contributed by atoms with Gasteiger partial charge in [0, 0.05) is 31.0 Å². The van der Waals surface area contributed by atoms with Crippen LogP contribution in [0.1, 0.15) is 31.2 Å². The van der Waals surface area contributed by atoms with E-state index in [2.05, 4.69) is 16.0 Å². The Kier molecular flexibility index (Phi) is 7.19. The molecular formula is C20H28N4O3S. The summed E-state index contributed by atoms with van der Waals surface area (Å²) in [5.41, 5.74) is 1.03. The van der Waals surface area contributed by atoms with Gasteiger partial charge in [-0.3, -0.25) is 9.59 Å². The number of hydrogen-bond donors (Lipinski definition) is 3. The van der Waals surface area contributed by atoms with Crippen LogP contribution in [0.5, 0.6) is 0 Å². The van der Waals surface area contributed by atoms with Crippen molar-refractivity contribution in [2.45, 2.75) is 49.6 Å². The Morgan fingerprint density at radius 1 is 1.21 bits per heavy atom. The Morgan fingerprint density at radius 3 is 2.79 bits per heavy atom. The third-order valence-electron chi connectivity index (χ3n) is 5.21. The normalized spacial score (nSPS) is 22.9. The zero-order valence-electron chi connectivity index (χ0n) is 16.1. The maximum atomic E-state index is 12.2. The summed E-state index contributed by atoms with van der Waals surface area (Å²) < 4.78 is 0. The number of hydrogen-bond acceptors (Lipinski definition) is 4. The van der Waals surface area contributed by atoms with Gasteiger partial charge in [0.25, 0.3) is 0 Å². The van der Waals surface area contributed by atoms with Gasteiger partial charge < -0.3 is 20.9 Å². The summed E-state index contributed by atoms with van der Waals surface area (Å²) >= 11 is 1.89. The molecule has 0 aromatic heterocycles. The van der Waals surface area contributed by atoms with Crippen molar-refractivity contribution in [2.24, 2.45) is 0 Å². The highest BCUT2D eigenvalue weighted by Gasteiger charge is 2.42. The molecule has 0 radical (unpaired) electrons. The van der Waals surface area contributed by atoms with Gasteiger partial charge in [-0.25, -0.2) is 4.79 Å². The molecule has 2 fully saturated rings. The molecule has 8 heteroatoms. The molecule has 2 aliphatic heterocycles. The smallest absolute Gasteiger partial charge is 0.315 e. The lowest BCUT2D eigenvalue weighted by atomic mass is 10.0. The maximum absolute atomic E-state index is 12.2. The van der Waals surface area contributed by atoms with E-state index < -0.39 is 0 Å². The molecule has 0 saturated carbocycles. The molecule has 0 aliphatic carbocycles. The molecule has 0 bridgehead atoms. The molecule has 0 unspecified atom stereocenters. The monoisotopic (exact) mass is 404 g/mol. The molecule has 3 N–H and O–H groups in total.